The van der Waals surface area contributed by atoms with Crippen molar-refractivity contribution in [3.63, 3.8) is 0 Å². The molecule has 0 fully saturated rings. The van der Waals surface area contributed by atoms with Gasteiger partial charge in [0.25, 0.3) is 0 Å². The Morgan fingerprint density at radius 1 is 1.04 bits per heavy atom. The van der Waals surface area contributed by atoms with Crippen LogP contribution in [0.3, 0.4) is 0 Å². The third kappa shape index (κ3) is 3.45. The average molecular weight is 385 g/mol. The molecule has 0 aliphatic carbocycles. The first kappa shape index (κ1) is 19.1. The standard InChI is InChI=1S/C22H21ClO4/c1-11(2)18-16-8-12(3)14(9-13-4-6-15(23)7-5-13)10-17(16)19(22(26)27)21(25)20(18)24/h4-8,10-11,24-25H,9H2,1-3H3,(H,26,27). The summed E-state index contributed by atoms with van der Waals surface area (Å²) in [6.45, 7) is 5.75. The summed E-state index contributed by atoms with van der Waals surface area (Å²) in [7, 11) is 0. The summed E-state index contributed by atoms with van der Waals surface area (Å²) >= 11 is 5.94. The van der Waals surface area contributed by atoms with Gasteiger partial charge in [0.2, 0.25) is 0 Å². The highest BCUT2D eigenvalue weighted by Crippen LogP contribution is 2.44. The van der Waals surface area contributed by atoms with Gasteiger partial charge in [-0.25, -0.2) is 4.79 Å². The zero-order valence-corrected chi connectivity index (χ0v) is 16.1. The Kier molecular flexibility index (Phi) is 5.03. The molecule has 0 heterocycles. The fraction of sp³-hybridized carbons (Fsp3) is 0.227. The van der Waals surface area contributed by atoms with Gasteiger partial charge in [-0.3, -0.25) is 0 Å². The number of rotatable bonds is 4. The lowest BCUT2D eigenvalue weighted by molar-refractivity contribution is 0.0695. The smallest absolute Gasteiger partial charge is 0.340 e. The Labute approximate surface area is 162 Å². The molecule has 0 unspecified atom stereocenters. The fourth-order valence-corrected chi connectivity index (χ4v) is 3.62. The number of carboxylic acid groups (broad SMARTS) is 1. The zero-order valence-electron chi connectivity index (χ0n) is 15.4. The number of fused-ring (bicyclic) bond motifs is 1. The highest BCUT2D eigenvalue weighted by atomic mass is 35.5. The number of phenols is 2. The van der Waals surface area contributed by atoms with E-state index in [9.17, 15) is 20.1 Å². The van der Waals surface area contributed by atoms with E-state index in [-0.39, 0.29) is 17.2 Å². The predicted molar refractivity (Wildman–Crippen MR) is 107 cm³/mol. The van der Waals surface area contributed by atoms with Crippen LogP contribution in [0.15, 0.2) is 36.4 Å². The summed E-state index contributed by atoms with van der Waals surface area (Å²) in [5, 5.41) is 32.1. The zero-order chi connectivity index (χ0) is 19.9. The van der Waals surface area contributed by atoms with Crippen molar-refractivity contribution in [2.45, 2.75) is 33.1 Å². The number of phenolic OH excluding ortho intramolecular Hbond substituents is 1. The normalized spacial score (nSPS) is 11.3. The Morgan fingerprint density at radius 2 is 1.67 bits per heavy atom. The van der Waals surface area contributed by atoms with Crippen molar-refractivity contribution >= 4 is 28.3 Å². The molecule has 3 aromatic carbocycles. The maximum atomic E-state index is 11.8. The number of benzene rings is 3. The van der Waals surface area contributed by atoms with Gasteiger partial charge in [0.15, 0.2) is 11.5 Å². The van der Waals surface area contributed by atoms with Crippen LogP contribution < -0.4 is 0 Å². The van der Waals surface area contributed by atoms with Crippen molar-refractivity contribution in [1.82, 2.24) is 0 Å². The van der Waals surface area contributed by atoms with E-state index in [1.807, 2.05) is 51.1 Å². The molecule has 0 radical (unpaired) electrons. The van der Waals surface area contributed by atoms with Gasteiger partial charge in [0.1, 0.15) is 5.56 Å². The highest BCUT2D eigenvalue weighted by molar-refractivity contribution is 6.30. The lowest BCUT2D eigenvalue weighted by Crippen LogP contribution is -2.04. The summed E-state index contributed by atoms with van der Waals surface area (Å²) in [5.41, 5.74) is 3.26. The minimum absolute atomic E-state index is 0.0808. The molecular formula is C22H21ClO4. The van der Waals surface area contributed by atoms with E-state index in [1.54, 1.807) is 6.07 Å². The van der Waals surface area contributed by atoms with Gasteiger partial charge in [-0.2, -0.15) is 0 Å². The number of carboxylic acids is 1. The first-order valence-corrected chi connectivity index (χ1v) is 9.07. The van der Waals surface area contributed by atoms with E-state index in [2.05, 4.69) is 0 Å². The number of aryl methyl sites for hydroxylation is 1. The van der Waals surface area contributed by atoms with Crippen LogP contribution in [0.25, 0.3) is 10.8 Å². The number of carbonyl (C=O) groups is 1. The van der Waals surface area contributed by atoms with Gasteiger partial charge in [0.05, 0.1) is 0 Å². The lowest BCUT2D eigenvalue weighted by atomic mass is 9.87. The Hall–Kier alpha value is -2.72. The molecule has 0 bridgehead atoms. The number of hydrogen-bond acceptors (Lipinski definition) is 3. The maximum Gasteiger partial charge on any atom is 0.340 e. The quantitative estimate of drug-likeness (QED) is 0.510. The first-order valence-electron chi connectivity index (χ1n) is 8.69. The van der Waals surface area contributed by atoms with Gasteiger partial charge in [-0.05, 0) is 59.5 Å². The van der Waals surface area contributed by atoms with Gasteiger partial charge in [-0.15, -0.1) is 0 Å². The maximum absolute atomic E-state index is 11.8. The summed E-state index contributed by atoms with van der Waals surface area (Å²) in [6, 6.07) is 11.2. The second-order valence-electron chi connectivity index (χ2n) is 7.07. The van der Waals surface area contributed by atoms with E-state index in [0.29, 0.717) is 27.8 Å². The number of aromatic hydroxyl groups is 2. The topological polar surface area (TPSA) is 77.8 Å². The van der Waals surface area contributed by atoms with E-state index in [1.165, 1.54) is 0 Å². The van der Waals surface area contributed by atoms with Crippen LogP contribution in [-0.2, 0) is 6.42 Å². The molecule has 0 spiro atoms. The SMILES string of the molecule is Cc1cc2c(C(C)C)c(O)c(O)c(C(=O)O)c2cc1Cc1ccc(Cl)cc1. The largest absolute Gasteiger partial charge is 0.504 e. The average Bonchev–Trinajstić information content (AvgIpc) is 2.59. The molecule has 0 amide bonds. The van der Waals surface area contributed by atoms with E-state index in [0.717, 1.165) is 16.7 Å². The Morgan fingerprint density at radius 3 is 2.22 bits per heavy atom. The molecule has 5 heteroatoms. The van der Waals surface area contributed by atoms with Crippen LogP contribution in [0, 0.1) is 6.92 Å². The summed E-state index contributed by atoms with van der Waals surface area (Å²) in [4.78, 5) is 11.8. The van der Waals surface area contributed by atoms with Crippen molar-refractivity contribution in [2.24, 2.45) is 0 Å². The summed E-state index contributed by atoms with van der Waals surface area (Å²) < 4.78 is 0. The molecular weight excluding hydrogens is 364 g/mol. The van der Waals surface area contributed by atoms with Crippen molar-refractivity contribution in [3.8, 4) is 11.5 Å². The van der Waals surface area contributed by atoms with Crippen molar-refractivity contribution < 1.29 is 20.1 Å². The second-order valence-corrected chi connectivity index (χ2v) is 7.51. The van der Waals surface area contributed by atoms with Crippen LogP contribution in [-0.4, -0.2) is 21.3 Å². The molecule has 3 rings (SSSR count). The first-order chi connectivity index (χ1) is 12.7. The molecule has 4 nitrogen and oxygen atoms in total. The summed E-state index contributed by atoms with van der Waals surface area (Å²) in [6.07, 6.45) is 0.608. The number of hydrogen-bond donors (Lipinski definition) is 3. The minimum atomic E-state index is -1.27. The van der Waals surface area contributed by atoms with E-state index >= 15 is 0 Å². The Bertz CT molecular complexity index is 1040. The highest BCUT2D eigenvalue weighted by Gasteiger charge is 2.25. The molecule has 0 aliphatic heterocycles. The molecule has 3 N–H and O–H groups in total. The molecule has 0 atom stereocenters. The van der Waals surface area contributed by atoms with Crippen molar-refractivity contribution in [1.29, 1.82) is 0 Å². The summed E-state index contributed by atoms with van der Waals surface area (Å²) in [5.74, 6) is -2.30. The molecule has 0 saturated carbocycles. The van der Waals surface area contributed by atoms with Crippen LogP contribution in [0.5, 0.6) is 11.5 Å². The van der Waals surface area contributed by atoms with E-state index < -0.39 is 11.7 Å². The monoisotopic (exact) mass is 384 g/mol. The predicted octanol–water partition coefficient (Wildman–Crippen LogP) is 5.63. The molecule has 140 valence electrons. The minimum Gasteiger partial charge on any atom is -0.504 e. The van der Waals surface area contributed by atoms with Gasteiger partial charge >= 0.3 is 5.97 Å². The van der Waals surface area contributed by atoms with Crippen LogP contribution in [0.4, 0.5) is 0 Å². The second kappa shape index (κ2) is 7.12. The van der Waals surface area contributed by atoms with Crippen molar-refractivity contribution in [3.05, 3.63) is 69.2 Å². The molecule has 0 aliphatic rings. The Balaban J connectivity index is 2.29. The van der Waals surface area contributed by atoms with Gasteiger partial charge in [0, 0.05) is 16.0 Å². The van der Waals surface area contributed by atoms with Crippen LogP contribution >= 0.6 is 11.6 Å². The van der Waals surface area contributed by atoms with Crippen LogP contribution in [0.1, 0.15) is 52.4 Å². The third-order valence-corrected chi connectivity index (χ3v) is 5.10. The van der Waals surface area contributed by atoms with E-state index in [4.69, 9.17) is 11.6 Å². The number of aromatic carboxylic acids is 1. The molecule has 27 heavy (non-hydrogen) atoms. The van der Waals surface area contributed by atoms with Crippen molar-refractivity contribution in [2.75, 3.05) is 0 Å². The fourth-order valence-electron chi connectivity index (χ4n) is 3.50. The van der Waals surface area contributed by atoms with Gasteiger partial charge in [-0.1, -0.05) is 43.6 Å². The molecule has 0 aromatic heterocycles. The lowest BCUT2D eigenvalue weighted by Gasteiger charge is -2.18. The molecule has 0 saturated heterocycles. The van der Waals surface area contributed by atoms with Gasteiger partial charge < -0.3 is 15.3 Å². The third-order valence-electron chi connectivity index (χ3n) is 4.85. The van der Waals surface area contributed by atoms with Crippen LogP contribution in [0.2, 0.25) is 5.02 Å². The number of halogens is 1. The molecule has 3 aromatic rings.